The average Bonchev–Trinajstić information content (AvgIpc) is 3.05. The van der Waals surface area contributed by atoms with Crippen LogP contribution in [0.25, 0.3) is 0 Å². The normalized spacial score (nSPS) is 10.8. The molecular weight excluding hydrogens is 451 g/mol. The number of hydrogen-bond donors (Lipinski definition) is 1. The van der Waals surface area contributed by atoms with Crippen molar-refractivity contribution in [2.24, 2.45) is 7.05 Å². The summed E-state index contributed by atoms with van der Waals surface area (Å²) in [6, 6.07) is 12.7. The number of halogens is 2. The van der Waals surface area contributed by atoms with Crippen LogP contribution in [0.4, 0.5) is 5.69 Å². The van der Waals surface area contributed by atoms with E-state index < -0.39 is 0 Å². The number of carbonyl (C=O) groups excluding carboxylic acids is 1. The minimum atomic E-state index is -0.109. The predicted molar refractivity (Wildman–Crippen MR) is 119 cm³/mol. The third kappa shape index (κ3) is 6.05. The molecule has 3 aromatic rings. The Bertz CT molecular complexity index is 1010. The maximum Gasteiger partial charge on any atom is 0.234 e. The predicted octanol–water partition coefficient (Wildman–Crippen LogP) is 5.15. The van der Waals surface area contributed by atoms with E-state index in [2.05, 4.69) is 15.5 Å². The molecule has 0 unspecified atom stereocenters. The van der Waals surface area contributed by atoms with Gasteiger partial charge >= 0.3 is 0 Å². The first kappa shape index (κ1) is 21.8. The van der Waals surface area contributed by atoms with E-state index in [0.29, 0.717) is 26.8 Å². The van der Waals surface area contributed by atoms with E-state index in [-0.39, 0.29) is 18.3 Å². The zero-order chi connectivity index (χ0) is 20.8. The van der Waals surface area contributed by atoms with Gasteiger partial charge in [0, 0.05) is 22.7 Å². The van der Waals surface area contributed by atoms with Gasteiger partial charge in [-0.1, -0.05) is 41.0 Å². The van der Waals surface area contributed by atoms with Gasteiger partial charge in [-0.2, -0.15) is 0 Å². The fraction of sp³-hybridized carbons (Fsp3) is 0.211. The van der Waals surface area contributed by atoms with Gasteiger partial charge < -0.3 is 14.6 Å². The molecule has 0 saturated carbocycles. The Morgan fingerprint density at radius 3 is 2.79 bits per heavy atom. The van der Waals surface area contributed by atoms with Gasteiger partial charge in [-0.25, -0.2) is 0 Å². The number of aromatic nitrogens is 3. The first-order chi connectivity index (χ1) is 14.0. The SMILES string of the molecule is CSc1cccc(NC(=O)CSc2nnc(COc3ccc(Cl)cc3Cl)n2C)c1. The summed E-state index contributed by atoms with van der Waals surface area (Å²) in [5.41, 5.74) is 0.773. The number of ether oxygens (including phenoxy) is 1. The number of amides is 1. The number of benzene rings is 2. The van der Waals surface area contributed by atoms with Gasteiger partial charge in [-0.15, -0.1) is 22.0 Å². The van der Waals surface area contributed by atoms with E-state index in [1.807, 2.05) is 37.6 Å². The number of thioether (sulfide) groups is 2. The van der Waals surface area contributed by atoms with E-state index in [9.17, 15) is 4.79 Å². The number of rotatable bonds is 8. The zero-order valence-corrected chi connectivity index (χ0v) is 18.8. The van der Waals surface area contributed by atoms with Gasteiger partial charge in [0.25, 0.3) is 0 Å². The lowest BCUT2D eigenvalue weighted by molar-refractivity contribution is -0.113. The lowest BCUT2D eigenvalue weighted by atomic mass is 10.3. The van der Waals surface area contributed by atoms with Crippen molar-refractivity contribution in [3.63, 3.8) is 0 Å². The molecule has 1 N–H and O–H groups in total. The molecule has 3 rings (SSSR count). The van der Waals surface area contributed by atoms with Crippen LogP contribution in [0.15, 0.2) is 52.5 Å². The molecule has 0 aliphatic rings. The quantitative estimate of drug-likeness (QED) is 0.460. The second kappa shape index (κ2) is 10.2. The molecule has 29 heavy (non-hydrogen) atoms. The lowest BCUT2D eigenvalue weighted by Crippen LogP contribution is -2.14. The molecule has 1 heterocycles. The van der Waals surface area contributed by atoms with Gasteiger partial charge in [0.1, 0.15) is 12.4 Å². The van der Waals surface area contributed by atoms with Crippen molar-refractivity contribution >= 4 is 58.3 Å². The van der Waals surface area contributed by atoms with Crippen molar-refractivity contribution in [2.45, 2.75) is 16.7 Å². The number of nitrogens with zero attached hydrogens (tertiary/aromatic N) is 3. The van der Waals surface area contributed by atoms with E-state index in [4.69, 9.17) is 27.9 Å². The molecule has 0 aliphatic carbocycles. The van der Waals surface area contributed by atoms with E-state index in [1.54, 1.807) is 34.5 Å². The molecule has 0 spiro atoms. The third-order valence-corrected chi connectivity index (χ3v) is 6.14. The number of hydrogen-bond acceptors (Lipinski definition) is 6. The van der Waals surface area contributed by atoms with E-state index in [0.717, 1.165) is 10.6 Å². The van der Waals surface area contributed by atoms with Gasteiger partial charge in [0.05, 0.1) is 10.8 Å². The van der Waals surface area contributed by atoms with Crippen LogP contribution in [0.1, 0.15) is 5.82 Å². The standard InChI is InChI=1S/C19H18Cl2N4O2S2/c1-25-17(10-27-16-7-6-12(20)8-15(16)21)23-24-19(25)29-11-18(26)22-13-4-3-5-14(9-13)28-2/h3-9H,10-11H2,1-2H3,(H,22,26). The van der Waals surface area contributed by atoms with Crippen LogP contribution in [0.2, 0.25) is 10.0 Å². The molecule has 0 atom stereocenters. The molecule has 2 aromatic carbocycles. The smallest absolute Gasteiger partial charge is 0.234 e. The largest absolute Gasteiger partial charge is 0.484 e. The molecule has 10 heteroatoms. The van der Waals surface area contributed by atoms with Crippen LogP contribution in [0.3, 0.4) is 0 Å². The van der Waals surface area contributed by atoms with Crippen LogP contribution in [0.5, 0.6) is 5.75 Å². The van der Waals surface area contributed by atoms with Crippen molar-refractivity contribution < 1.29 is 9.53 Å². The van der Waals surface area contributed by atoms with Crippen molar-refractivity contribution in [3.05, 3.63) is 58.3 Å². The van der Waals surface area contributed by atoms with E-state index >= 15 is 0 Å². The maximum atomic E-state index is 12.2. The molecule has 6 nitrogen and oxygen atoms in total. The topological polar surface area (TPSA) is 69.0 Å². The fourth-order valence-corrected chi connectivity index (χ4v) is 4.01. The first-order valence-electron chi connectivity index (χ1n) is 8.49. The minimum absolute atomic E-state index is 0.109. The van der Waals surface area contributed by atoms with Crippen LogP contribution < -0.4 is 10.1 Å². The van der Waals surface area contributed by atoms with Gasteiger partial charge in [-0.05, 0) is 42.7 Å². The number of nitrogens with one attached hydrogen (secondary N) is 1. The molecule has 1 aromatic heterocycles. The monoisotopic (exact) mass is 468 g/mol. The van der Waals surface area contributed by atoms with Crippen LogP contribution in [0, 0.1) is 0 Å². The van der Waals surface area contributed by atoms with Gasteiger partial charge in [0.15, 0.2) is 11.0 Å². The number of carbonyl (C=O) groups is 1. The highest BCUT2D eigenvalue weighted by molar-refractivity contribution is 7.99. The summed E-state index contributed by atoms with van der Waals surface area (Å²) >= 11 is 14.9. The summed E-state index contributed by atoms with van der Waals surface area (Å²) in [5.74, 6) is 1.24. The Morgan fingerprint density at radius 1 is 1.21 bits per heavy atom. The fourth-order valence-electron chi connectivity index (χ4n) is 2.36. The highest BCUT2D eigenvalue weighted by atomic mass is 35.5. The molecule has 0 saturated heterocycles. The second-order valence-electron chi connectivity index (χ2n) is 5.89. The molecular formula is C19H18Cl2N4O2S2. The van der Waals surface area contributed by atoms with Crippen molar-refractivity contribution in [2.75, 3.05) is 17.3 Å². The molecule has 1 amide bonds. The van der Waals surface area contributed by atoms with Crippen molar-refractivity contribution in [1.82, 2.24) is 14.8 Å². The molecule has 0 aliphatic heterocycles. The Balaban J connectivity index is 1.54. The van der Waals surface area contributed by atoms with Crippen LogP contribution in [-0.4, -0.2) is 32.7 Å². The summed E-state index contributed by atoms with van der Waals surface area (Å²) in [4.78, 5) is 13.3. The molecule has 0 radical (unpaired) electrons. The summed E-state index contributed by atoms with van der Waals surface area (Å²) in [6.45, 7) is 0.194. The summed E-state index contributed by atoms with van der Waals surface area (Å²) in [7, 11) is 1.82. The zero-order valence-electron chi connectivity index (χ0n) is 15.7. The van der Waals surface area contributed by atoms with E-state index in [1.165, 1.54) is 11.8 Å². The third-order valence-electron chi connectivity index (χ3n) is 3.86. The molecule has 0 fully saturated rings. The lowest BCUT2D eigenvalue weighted by Gasteiger charge is -2.08. The Kier molecular flexibility index (Phi) is 7.71. The van der Waals surface area contributed by atoms with Gasteiger partial charge in [-0.3, -0.25) is 4.79 Å². The van der Waals surface area contributed by atoms with Crippen molar-refractivity contribution in [3.8, 4) is 5.75 Å². The Hall–Kier alpha value is -1.87. The maximum absolute atomic E-state index is 12.2. The first-order valence-corrected chi connectivity index (χ1v) is 11.5. The molecule has 0 bridgehead atoms. The van der Waals surface area contributed by atoms with Crippen molar-refractivity contribution in [1.29, 1.82) is 0 Å². The average molecular weight is 469 g/mol. The summed E-state index contributed by atoms with van der Waals surface area (Å²) < 4.78 is 7.48. The van der Waals surface area contributed by atoms with Crippen LogP contribution >= 0.6 is 46.7 Å². The Labute approximate surface area is 187 Å². The molecule has 152 valence electrons. The van der Waals surface area contributed by atoms with Gasteiger partial charge in [0.2, 0.25) is 5.91 Å². The number of anilines is 1. The minimum Gasteiger partial charge on any atom is -0.484 e. The highest BCUT2D eigenvalue weighted by Crippen LogP contribution is 2.28. The summed E-state index contributed by atoms with van der Waals surface area (Å²) in [6.07, 6.45) is 1.99. The highest BCUT2D eigenvalue weighted by Gasteiger charge is 2.13. The second-order valence-corrected chi connectivity index (χ2v) is 8.56. The summed E-state index contributed by atoms with van der Waals surface area (Å²) in [5, 5.41) is 12.7. The Morgan fingerprint density at radius 2 is 2.03 bits per heavy atom. The van der Waals surface area contributed by atoms with Crippen LogP contribution in [-0.2, 0) is 18.4 Å².